The van der Waals surface area contributed by atoms with E-state index in [1.807, 2.05) is 17.0 Å². The van der Waals surface area contributed by atoms with Gasteiger partial charge < -0.3 is 14.8 Å². The van der Waals surface area contributed by atoms with Gasteiger partial charge in [-0.2, -0.15) is 0 Å². The van der Waals surface area contributed by atoms with Gasteiger partial charge in [0.05, 0.1) is 21.7 Å². The molecule has 1 aromatic heterocycles. The number of amides is 1. The highest BCUT2D eigenvalue weighted by atomic mass is 79.9. The first-order chi connectivity index (χ1) is 14.5. The van der Waals surface area contributed by atoms with Crippen LogP contribution >= 0.6 is 15.9 Å². The zero-order chi connectivity index (χ0) is 20.8. The van der Waals surface area contributed by atoms with Gasteiger partial charge in [0, 0.05) is 65.8 Å². The van der Waals surface area contributed by atoms with Crippen LogP contribution in [0.5, 0.6) is 0 Å². The lowest BCUT2D eigenvalue weighted by Gasteiger charge is -2.29. The number of nitrogens with zero attached hydrogens (tertiary/aromatic N) is 3. The van der Waals surface area contributed by atoms with Crippen molar-refractivity contribution in [3.63, 3.8) is 0 Å². The summed E-state index contributed by atoms with van der Waals surface area (Å²) in [5.74, 6) is -0.143. The third-order valence-electron chi connectivity index (χ3n) is 6.11. The molecule has 154 valence electrons. The normalized spacial score (nSPS) is 16.2. The van der Waals surface area contributed by atoms with Crippen molar-refractivity contribution in [1.29, 1.82) is 0 Å². The Morgan fingerprint density at radius 1 is 1.13 bits per heavy atom. The quantitative estimate of drug-likeness (QED) is 0.448. The minimum atomic E-state index is -0.434. The smallest absolute Gasteiger partial charge is 0.270 e. The number of anilines is 1. The number of halogens is 1. The fourth-order valence-electron chi connectivity index (χ4n) is 4.59. The van der Waals surface area contributed by atoms with E-state index >= 15 is 0 Å². The number of hydrogen-bond acceptors (Lipinski definition) is 4. The summed E-state index contributed by atoms with van der Waals surface area (Å²) in [6.07, 6.45) is 2.87. The molecular formula is C22H21BrN4O3. The Balaban J connectivity index is 1.52. The zero-order valence-corrected chi connectivity index (χ0v) is 17.9. The number of hydrogen-bond donors (Lipinski definition) is 1. The van der Waals surface area contributed by atoms with Crippen LogP contribution in [0.2, 0.25) is 0 Å². The molecule has 1 fully saturated rings. The van der Waals surface area contributed by atoms with E-state index in [2.05, 4.69) is 31.9 Å². The van der Waals surface area contributed by atoms with Gasteiger partial charge in [0.1, 0.15) is 0 Å². The molecule has 1 amide bonds. The van der Waals surface area contributed by atoms with Crippen molar-refractivity contribution in [3.05, 3.63) is 67.8 Å². The maximum absolute atomic E-state index is 13.5. The average Bonchev–Trinajstić information content (AvgIpc) is 3.41. The van der Waals surface area contributed by atoms with Gasteiger partial charge in [-0.15, -0.1) is 0 Å². The summed E-state index contributed by atoms with van der Waals surface area (Å²) in [6, 6.07) is 10.7. The molecule has 5 rings (SSSR count). The highest BCUT2D eigenvalue weighted by Gasteiger charge is 2.29. The molecule has 0 aliphatic carbocycles. The number of aromatic amines is 1. The summed E-state index contributed by atoms with van der Waals surface area (Å²) >= 11 is 3.59. The summed E-state index contributed by atoms with van der Waals surface area (Å²) in [5, 5.41) is 12.5. The first-order valence-electron chi connectivity index (χ1n) is 10.1. The number of non-ortho nitro benzene ring substituents is 1. The third-order valence-corrected chi connectivity index (χ3v) is 6.78. The number of para-hydroxylation sites is 1. The minimum Gasteiger partial charge on any atom is -0.371 e. The van der Waals surface area contributed by atoms with E-state index < -0.39 is 4.92 Å². The molecule has 3 heterocycles. The summed E-state index contributed by atoms with van der Waals surface area (Å²) < 4.78 is 1.00. The van der Waals surface area contributed by atoms with Crippen molar-refractivity contribution >= 4 is 44.1 Å². The van der Waals surface area contributed by atoms with Crippen LogP contribution < -0.4 is 4.90 Å². The predicted octanol–water partition coefficient (Wildman–Crippen LogP) is 4.64. The number of nitro benzene ring substituents is 1. The number of fused-ring (bicyclic) bond motifs is 3. The van der Waals surface area contributed by atoms with Gasteiger partial charge in [0.15, 0.2) is 0 Å². The van der Waals surface area contributed by atoms with Crippen molar-refractivity contribution in [3.8, 4) is 0 Å². The average molecular weight is 469 g/mol. The van der Waals surface area contributed by atoms with Crippen LogP contribution in [0.3, 0.4) is 0 Å². The van der Waals surface area contributed by atoms with Crippen LogP contribution in [0.15, 0.2) is 40.9 Å². The van der Waals surface area contributed by atoms with E-state index in [4.69, 9.17) is 0 Å². The van der Waals surface area contributed by atoms with Crippen LogP contribution in [0.25, 0.3) is 10.9 Å². The Labute approximate surface area is 181 Å². The molecule has 30 heavy (non-hydrogen) atoms. The molecule has 1 N–H and O–H groups in total. The molecule has 0 radical (unpaired) electrons. The monoisotopic (exact) mass is 468 g/mol. The van der Waals surface area contributed by atoms with E-state index in [0.717, 1.165) is 64.7 Å². The van der Waals surface area contributed by atoms with Crippen LogP contribution in [0, 0.1) is 10.1 Å². The van der Waals surface area contributed by atoms with E-state index in [0.29, 0.717) is 18.7 Å². The van der Waals surface area contributed by atoms with Crippen molar-refractivity contribution in [1.82, 2.24) is 9.88 Å². The lowest BCUT2D eigenvalue weighted by molar-refractivity contribution is -0.384. The molecular weight excluding hydrogens is 448 g/mol. The molecule has 0 unspecified atom stereocenters. The van der Waals surface area contributed by atoms with E-state index in [9.17, 15) is 14.9 Å². The number of aromatic nitrogens is 1. The van der Waals surface area contributed by atoms with Crippen molar-refractivity contribution in [2.75, 3.05) is 24.5 Å². The van der Waals surface area contributed by atoms with Crippen molar-refractivity contribution in [2.45, 2.75) is 25.8 Å². The number of nitro groups is 1. The Bertz CT molecular complexity index is 1170. The maximum atomic E-state index is 13.5. The molecule has 0 saturated carbocycles. The second kappa shape index (κ2) is 7.43. The third kappa shape index (κ3) is 3.15. The van der Waals surface area contributed by atoms with E-state index in [1.54, 1.807) is 6.07 Å². The van der Waals surface area contributed by atoms with Crippen LogP contribution in [-0.4, -0.2) is 40.3 Å². The number of benzene rings is 2. The largest absolute Gasteiger partial charge is 0.371 e. The Kier molecular flexibility index (Phi) is 4.73. The first-order valence-corrected chi connectivity index (χ1v) is 10.9. The SMILES string of the molecule is O=C(c1cc([N+](=O)[O-])ccc1N1CCCC1)N1CCc2[nH]c3c(Br)cccc3c2C1. The summed E-state index contributed by atoms with van der Waals surface area (Å²) in [7, 11) is 0. The van der Waals surface area contributed by atoms with Crippen LogP contribution in [0.4, 0.5) is 11.4 Å². The molecule has 1 saturated heterocycles. The molecule has 0 atom stereocenters. The van der Waals surface area contributed by atoms with Gasteiger partial charge in [0.2, 0.25) is 0 Å². The molecule has 8 heteroatoms. The zero-order valence-electron chi connectivity index (χ0n) is 16.4. The van der Waals surface area contributed by atoms with E-state index in [1.165, 1.54) is 12.1 Å². The van der Waals surface area contributed by atoms with Gasteiger partial charge in [0.25, 0.3) is 11.6 Å². The maximum Gasteiger partial charge on any atom is 0.270 e. The Hall–Kier alpha value is -2.87. The minimum absolute atomic E-state index is 0.0463. The lowest BCUT2D eigenvalue weighted by Crippen LogP contribution is -2.36. The highest BCUT2D eigenvalue weighted by Crippen LogP contribution is 2.34. The number of carbonyl (C=O) groups is 1. The molecule has 0 bridgehead atoms. The molecule has 2 aliphatic heterocycles. The van der Waals surface area contributed by atoms with Crippen LogP contribution in [-0.2, 0) is 13.0 Å². The fourth-order valence-corrected chi connectivity index (χ4v) is 5.05. The second-order valence-electron chi connectivity index (χ2n) is 7.87. The number of carbonyl (C=O) groups excluding carboxylic acids is 1. The Morgan fingerprint density at radius 3 is 2.70 bits per heavy atom. The molecule has 2 aromatic carbocycles. The fraction of sp³-hybridized carbons (Fsp3) is 0.318. The number of H-pyrrole nitrogens is 1. The second-order valence-corrected chi connectivity index (χ2v) is 8.73. The molecule has 2 aliphatic rings. The van der Waals surface area contributed by atoms with Crippen LogP contribution in [0.1, 0.15) is 34.5 Å². The highest BCUT2D eigenvalue weighted by molar-refractivity contribution is 9.10. The number of rotatable bonds is 3. The summed E-state index contributed by atoms with van der Waals surface area (Å²) in [5.41, 5.74) is 4.50. The molecule has 3 aromatic rings. The van der Waals surface area contributed by atoms with Gasteiger partial charge in [-0.1, -0.05) is 12.1 Å². The predicted molar refractivity (Wildman–Crippen MR) is 119 cm³/mol. The first kappa shape index (κ1) is 19.1. The van der Waals surface area contributed by atoms with E-state index in [-0.39, 0.29) is 11.6 Å². The van der Waals surface area contributed by atoms with Crippen molar-refractivity contribution < 1.29 is 9.72 Å². The van der Waals surface area contributed by atoms with Crippen molar-refractivity contribution in [2.24, 2.45) is 0 Å². The van der Waals surface area contributed by atoms with Gasteiger partial charge in [-0.25, -0.2) is 0 Å². The van der Waals surface area contributed by atoms with Gasteiger partial charge in [-0.05, 0) is 40.9 Å². The van der Waals surface area contributed by atoms with Gasteiger partial charge in [-0.3, -0.25) is 14.9 Å². The summed E-state index contributed by atoms with van der Waals surface area (Å²) in [4.78, 5) is 31.9. The van der Waals surface area contributed by atoms with Gasteiger partial charge >= 0.3 is 0 Å². The number of nitrogens with one attached hydrogen (secondary N) is 1. The topological polar surface area (TPSA) is 82.5 Å². The molecule has 0 spiro atoms. The standard InChI is InChI=1S/C22H21BrN4O3/c23-18-5-3-4-15-17-13-26(11-8-19(17)24-21(15)18)22(28)16-12-14(27(29)30)6-7-20(16)25-9-1-2-10-25/h3-7,12,24H,1-2,8-11,13H2. The lowest BCUT2D eigenvalue weighted by atomic mass is 10.0. The molecule has 7 nitrogen and oxygen atoms in total. The Morgan fingerprint density at radius 2 is 1.93 bits per heavy atom. The summed E-state index contributed by atoms with van der Waals surface area (Å²) in [6.45, 7) is 2.82.